The number of hydrogen-bond acceptors (Lipinski definition) is 3. The molecule has 0 aliphatic carbocycles. The third-order valence-electron chi connectivity index (χ3n) is 4.95. The van der Waals surface area contributed by atoms with Gasteiger partial charge in [0.2, 0.25) is 5.91 Å². The van der Waals surface area contributed by atoms with Crippen LogP contribution in [-0.4, -0.2) is 36.2 Å². The maximum Gasteiger partial charge on any atom is 0.225 e. The Hall–Kier alpha value is -1.76. The molecular formula is C21H21BrClFN2O2. The minimum absolute atomic E-state index is 0.00288. The first-order valence-corrected chi connectivity index (χ1v) is 10.4. The fourth-order valence-electron chi connectivity index (χ4n) is 3.33. The van der Waals surface area contributed by atoms with Gasteiger partial charge in [0.1, 0.15) is 5.82 Å². The summed E-state index contributed by atoms with van der Waals surface area (Å²) in [5.41, 5.74) is 0.874. The Morgan fingerprint density at radius 1 is 1.14 bits per heavy atom. The summed E-state index contributed by atoms with van der Waals surface area (Å²) in [6.07, 6.45) is 1.82. The lowest BCUT2D eigenvalue weighted by atomic mass is 9.89. The number of nitrogens with one attached hydrogen (secondary N) is 1. The second kappa shape index (κ2) is 9.63. The van der Waals surface area contributed by atoms with Crippen LogP contribution in [0.3, 0.4) is 0 Å². The molecule has 0 atom stereocenters. The molecule has 28 heavy (non-hydrogen) atoms. The second-order valence-electron chi connectivity index (χ2n) is 6.91. The molecule has 1 N–H and O–H groups in total. The molecule has 1 amide bonds. The molecule has 0 spiro atoms. The van der Waals surface area contributed by atoms with Crippen LogP contribution in [0, 0.1) is 11.7 Å². The number of Topliss-reactive ketones (excluding diaryl/α,β-unsaturated/α-hetero) is 1. The number of amides is 1. The molecule has 0 unspecified atom stereocenters. The summed E-state index contributed by atoms with van der Waals surface area (Å²) in [4.78, 5) is 26.8. The smallest absolute Gasteiger partial charge is 0.225 e. The largest absolute Gasteiger partial charge is 0.324 e. The minimum atomic E-state index is -0.468. The van der Waals surface area contributed by atoms with Gasteiger partial charge < -0.3 is 10.2 Å². The van der Waals surface area contributed by atoms with Gasteiger partial charge in [-0.3, -0.25) is 9.59 Å². The number of likely N-dealkylation sites (tertiary alicyclic amines) is 1. The predicted molar refractivity (Wildman–Crippen MR) is 112 cm³/mol. The number of carbonyl (C=O) groups is 2. The van der Waals surface area contributed by atoms with Crippen LogP contribution in [0.5, 0.6) is 0 Å². The number of carbonyl (C=O) groups excluding carboxylic acids is 2. The van der Waals surface area contributed by atoms with E-state index in [2.05, 4.69) is 26.1 Å². The van der Waals surface area contributed by atoms with E-state index in [4.69, 9.17) is 11.6 Å². The Morgan fingerprint density at radius 2 is 1.82 bits per heavy atom. The zero-order valence-corrected chi connectivity index (χ0v) is 17.6. The van der Waals surface area contributed by atoms with E-state index in [0.29, 0.717) is 21.6 Å². The Kier molecular flexibility index (Phi) is 7.21. The number of benzene rings is 2. The summed E-state index contributed by atoms with van der Waals surface area (Å²) in [5.74, 6) is -0.535. The maximum atomic E-state index is 13.8. The highest BCUT2D eigenvalue weighted by atomic mass is 79.9. The Balaban J connectivity index is 1.43. The van der Waals surface area contributed by atoms with Gasteiger partial charge in [0.25, 0.3) is 0 Å². The Labute approximate surface area is 177 Å². The van der Waals surface area contributed by atoms with Gasteiger partial charge in [-0.25, -0.2) is 4.39 Å². The van der Waals surface area contributed by atoms with Crippen LogP contribution in [0.4, 0.5) is 10.1 Å². The molecule has 2 aromatic carbocycles. The van der Waals surface area contributed by atoms with E-state index < -0.39 is 5.82 Å². The second-order valence-corrected chi connectivity index (χ2v) is 8.26. The first kappa shape index (κ1) is 21.0. The summed E-state index contributed by atoms with van der Waals surface area (Å²) in [6.45, 7) is 2.12. The lowest BCUT2D eigenvalue weighted by molar-refractivity contribution is -0.116. The maximum absolute atomic E-state index is 13.8. The molecule has 4 nitrogen and oxygen atoms in total. The van der Waals surface area contributed by atoms with E-state index in [1.165, 1.54) is 12.1 Å². The fraction of sp³-hybridized carbons (Fsp3) is 0.333. The third-order valence-corrected chi connectivity index (χ3v) is 5.69. The number of anilines is 1. The summed E-state index contributed by atoms with van der Waals surface area (Å²) < 4.78 is 14.4. The van der Waals surface area contributed by atoms with Crippen LogP contribution < -0.4 is 5.32 Å². The monoisotopic (exact) mass is 466 g/mol. The van der Waals surface area contributed by atoms with Crippen LogP contribution in [0.25, 0.3) is 0 Å². The summed E-state index contributed by atoms with van der Waals surface area (Å²) in [7, 11) is 0. The van der Waals surface area contributed by atoms with Crippen molar-refractivity contribution >= 4 is 44.9 Å². The van der Waals surface area contributed by atoms with E-state index in [1.807, 2.05) is 0 Å². The van der Waals surface area contributed by atoms with Crippen molar-refractivity contribution in [2.45, 2.75) is 19.3 Å². The first-order chi connectivity index (χ1) is 13.4. The van der Waals surface area contributed by atoms with E-state index >= 15 is 0 Å². The Bertz CT molecular complexity index is 852. The molecule has 0 bridgehead atoms. The van der Waals surface area contributed by atoms with Crippen molar-refractivity contribution in [3.8, 4) is 0 Å². The number of ketones is 1. The number of piperidine rings is 1. The van der Waals surface area contributed by atoms with Gasteiger partial charge in [-0.2, -0.15) is 0 Å². The molecule has 3 rings (SSSR count). The molecule has 1 aliphatic heterocycles. The standard InChI is InChI=1S/C21H21BrClFN2O2/c22-16-3-6-19(18(24)13-16)25-20(27)9-12-26-10-7-15(8-11-26)21(28)14-1-4-17(23)5-2-14/h1-6,13,15H,7-12H2,(H,25,27). The van der Waals surface area contributed by atoms with Crippen LogP contribution in [-0.2, 0) is 4.79 Å². The van der Waals surface area contributed by atoms with Crippen molar-refractivity contribution in [2.24, 2.45) is 5.92 Å². The van der Waals surface area contributed by atoms with Crippen molar-refractivity contribution < 1.29 is 14.0 Å². The van der Waals surface area contributed by atoms with E-state index in [1.54, 1.807) is 30.3 Å². The molecule has 0 aromatic heterocycles. The highest BCUT2D eigenvalue weighted by Gasteiger charge is 2.26. The molecule has 1 fully saturated rings. The average molecular weight is 468 g/mol. The molecule has 1 aliphatic rings. The topological polar surface area (TPSA) is 49.4 Å². The lowest BCUT2D eigenvalue weighted by Gasteiger charge is -2.31. The first-order valence-electron chi connectivity index (χ1n) is 9.19. The van der Waals surface area contributed by atoms with Crippen molar-refractivity contribution in [3.05, 3.63) is 63.3 Å². The SMILES string of the molecule is O=C(CCN1CCC(C(=O)c2ccc(Cl)cc2)CC1)Nc1ccc(Br)cc1F. The molecule has 0 saturated carbocycles. The van der Waals surface area contributed by atoms with Gasteiger partial charge in [0.05, 0.1) is 5.69 Å². The normalized spacial score (nSPS) is 15.4. The van der Waals surface area contributed by atoms with E-state index in [9.17, 15) is 14.0 Å². The van der Waals surface area contributed by atoms with Gasteiger partial charge in [-0.1, -0.05) is 27.5 Å². The highest BCUT2D eigenvalue weighted by Crippen LogP contribution is 2.23. The summed E-state index contributed by atoms with van der Waals surface area (Å²) in [5, 5.41) is 3.22. The molecule has 1 saturated heterocycles. The van der Waals surface area contributed by atoms with Gasteiger partial charge in [0.15, 0.2) is 5.78 Å². The minimum Gasteiger partial charge on any atom is -0.324 e. The zero-order valence-electron chi connectivity index (χ0n) is 15.3. The van der Waals surface area contributed by atoms with Crippen molar-refractivity contribution in [1.82, 2.24) is 4.90 Å². The van der Waals surface area contributed by atoms with Crippen molar-refractivity contribution in [1.29, 1.82) is 0 Å². The van der Waals surface area contributed by atoms with Crippen LogP contribution in [0.1, 0.15) is 29.6 Å². The Morgan fingerprint density at radius 3 is 2.46 bits per heavy atom. The number of nitrogens with zero attached hydrogens (tertiary/aromatic N) is 1. The van der Waals surface area contributed by atoms with Gasteiger partial charge >= 0.3 is 0 Å². The van der Waals surface area contributed by atoms with Crippen LogP contribution in [0.2, 0.25) is 5.02 Å². The summed E-state index contributed by atoms with van der Waals surface area (Å²) in [6, 6.07) is 11.5. The molecule has 7 heteroatoms. The number of rotatable bonds is 6. The molecular weight excluding hydrogens is 447 g/mol. The number of hydrogen-bond donors (Lipinski definition) is 1. The van der Waals surface area contributed by atoms with E-state index in [0.717, 1.165) is 25.9 Å². The average Bonchev–Trinajstić information content (AvgIpc) is 2.69. The molecule has 1 heterocycles. The molecule has 148 valence electrons. The van der Waals surface area contributed by atoms with E-state index in [-0.39, 0.29) is 29.7 Å². The van der Waals surface area contributed by atoms with Crippen molar-refractivity contribution in [3.63, 3.8) is 0 Å². The molecule has 2 aromatic rings. The number of halogens is 3. The van der Waals surface area contributed by atoms with Crippen molar-refractivity contribution in [2.75, 3.05) is 25.0 Å². The fourth-order valence-corrected chi connectivity index (χ4v) is 3.79. The lowest BCUT2D eigenvalue weighted by Crippen LogP contribution is -2.38. The van der Waals surface area contributed by atoms with Crippen LogP contribution in [0.15, 0.2) is 46.9 Å². The molecule has 0 radical (unpaired) electrons. The van der Waals surface area contributed by atoms with Gasteiger partial charge in [-0.15, -0.1) is 0 Å². The predicted octanol–water partition coefficient (Wildman–Crippen LogP) is 5.17. The third kappa shape index (κ3) is 5.63. The van der Waals surface area contributed by atoms with Crippen LogP contribution >= 0.6 is 27.5 Å². The van der Waals surface area contributed by atoms with Gasteiger partial charge in [-0.05, 0) is 68.4 Å². The summed E-state index contributed by atoms with van der Waals surface area (Å²) >= 11 is 9.06. The highest BCUT2D eigenvalue weighted by molar-refractivity contribution is 9.10. The zero-order chi connectivity index (χ0) is 20.1. The van der Waals surface area contributed by atoms with Gasteiger partial charge in [0, 0.05) is 33.9 Å². The quantitative estimate of drug-likeness (QED) is 0.597.